The highest BCUT2D eigenvalue weighted by molar-refractivity contribution is 9.10. The van der Waals surface area contributed by atoms with Gasteiger partial charge in [0.2, 0.25) is 0 Å². The molecule has 0 saturated heterocycles. The summed E-state index contributed by atoms with van der Waals surface area (Å²) in [4.78, 5) is 0. The Morgan fingerprint density at radius 3 is 2.75 bits per heavy atom. The van der Waals surface area contributed by atoms with Crippen molar-refractivity contribution in [3.05, 3.63) is 22.4 Å². The van der Waals surface area contributed by atoms with Crippen molar-refractivity contribution in [3.63, 3.8) is 0 Å². The quantitative estimate of drug-likeness (QED) is 0.861. The Morgan fingerprint density at radius 1 is 1.56 bits per heavy atom. The number of hydrogen-bond acceptors (Lipinski definition) is 2. The van der Waals surface area contributed by atoms with Crippen molar-refractivity contribution in [1.82, 2.24) is 9.78 Å². The van der Waals surface area contributed by atoms with Crippen LogP contribution < -0.4 is 5.73 Å². The highest BCUT2D eigenvalue weighted by atomic mass is 79.9. The molecule has 3 nitrogen and oxygen atoms in total. The molecule has 0 spiro atoms. The monoisotopic (exact) mass is 283 g/mol. The summed E-state index contributed by atoms with van der Waals surface area (Å²) >= 11 is 3.55. The first-order valence-corrected chi connectivity index (χ1v) is 6.32. The number of rotatable bonds is 1. The summed E-state index contributed by atoms with van der Waals surface area (Å²) in [6.45, 7) is 4.54. The summed E-state index contributed by atoms with van der Waals surface area (Å²) in [5, 5.41) is 4.25. The van der Waals surface area contributed by atoms with E-state index in [1.165, 1.54) is 5.57 Å². The molecule has 1 heterocycles. The van der Waals surface area contributed by atoms with Gasteiger partial charge in [-0.2, -0.15) is 5.10 Å². The number of nitrogens with two attached hydrogens (primary N) is 1. The molecule has 16 heavy (non-hydrogen) atoms. The zero-order chi connectivity index (χ0) is 11.9. The molecule has 1 unspecified atom stereocenters. The van der Waals surface area contributed by atoms with E-state index in [1.807, 2.05) is 17.9 Å². The van der Waals surface area contributed by atoms with Crippen LogP contribution in [0, 0.1) is 5.41 Å². The second-order valence-electron chi connectivity index (χ2n) is 5.37. The minimum absolute atomic E-state index is 0.153. The summed E-state index contributed by atoms with van der Waals surface area (Å²) in [6, 6.07) is 0.153. The maximum atomic E-state index is 6.09. The Morgan fingerprint density at radius 2 is 2.25 bits per heavy atom. The summed E-state index contributed by atoms with van der Waals surface area (Å²) in [6.07, 6.45) is 6.11. The Balaban J connectivity index is 2.41. The van der Waals surface area contributed by atoms with Crippen LogP contribution in [0.15, 0.2) is 16.7 Å². The van der Waals surface area contributed by atoms with Gasteiger partial charge in [-0.25, -0.2) is 0 Å². The SMILES string of the molecule is Cn1ncc(Br)c1C1=CC(N)CC(C)(C)C1. The van der Waals surface area contributed by atoms with E-state index in [2.05, 4.69) is 41.0 Å². The largest absolute Gasteiger partial charge is 0.324 e. The normalized spacial score (nSPS) is 24.3. The maximum absolute atomic E-state index is 6.09. The second-order valence-corrected chi connectivity index (χ2v) is 6.22. The number of hydrogen-bond donors (Lipinski definition) is 1. The van der Waals surface area contributed by atoms with E-state index in [-0.39, 0.29) is 11.5 Å². The molecular weight excluding hydrogens is 266 g/mol. The molecule has 0 fully saturated rings. The predicted octanol–water partition coefficient (Wildman–Crippen LogP) is 2.71. The molecule has 1 aromatic heterocycles. The van der Waals surface area contributed by atoms with Crippen molar-refractivity contribution < 1.29 is 0 Å². The van der Waals surface area contributed by atoms with Gasteiger partial charge in [0.05, 0.1) is 16.4 Å². The van der Waals surface area contributed by atoms with Crippen molar-refractivity contribution in [1.29, 1.82) is 0 Å². The van der Waals surface area contributed by atoms with E-state index in [4.69, 9.17) is 5.73 Å². The lowest BCUT2D eigenvalue weighted by Crippen LogP contribution is -2.31. The summed E-state index contributed by atoms with van der Waals surface area (Å²) in [5.74, 6) is 0. The molecule has 1 atom stereocenters. The molecule has 0 aromatic carbocycles. The van der Waals surface area contributed by atoms with Crippen LogP contribution in [0.3, 0.4) is 0 Å². The highest BCUT2D eigenvalue weighted by Crippen LogP contribution is 2.40. The summed E-state index contributed by atoms with van der Waals surface area (Å²) in [7, 11) is 1.97. The van der Waals surface area contributed by atoms with E-state index in [0.717, 1.165) is 23.0 Å². The van der Waals surface area contributed by atoms with E-state index in [0.29, 0.717) is 0 Å². The van der Waals surface area contributed by atoms with Crippen LogP contribution in [0.1, 0.15) is 32.4 Å². The van der Waals surface area contributed by atoms with Gasteiger partial charge < -0.3 is 5.73 Å². The first-order chi connectivity index (χ1) is 7.39. The van der Waals surface area contributed by atoms with Gasteiger partial charge in [-0.3, -0.25) is 4.68 Å². The van der Waals surface area contributed by atoms with Crippen molar-refractivity contribution in [2.75, 3.05) is 0 Å². The van der Waals surface area contributed by atoms with Crippen molar-refractivity contribution in [2.24, 2.45) is 18.2 Å². The third kappa shape index (κ3) is 2.23. The maximum Gasteiger partial charge on any atom is 0.0778 e. The molecule has 2 N–H and O–H groups in total. The van der Waals surface area contributed by atoms with Gasteiger partial charge in [-0.05, 0) is 39.8 Å². The summed E-state index contributed by atoms with van der Waals surface area (Å²) in [5.41, 5.74) is 8.81. The molecule has 1 aliphatic carbocycles. The zero-order valence-corrected chi connectivity index (χ0v) is 11.6. The molecule has 0 bridgehead atoms. The molecule has 0 aliphatic heterocycles. The molecule has 0 radical (unpaired) electrons. The van der Waals surface area contributed by atoms with E-state index in [9.17, 15) is 0 Å². The van der Waals surface area contributed by atoms with Crippen LogP contribution in [0.25, 0.3) is 5.57 Å². The third-order valence-corrected chi connectivity index (χ3v) is 3.65. The fourth-order valence-electron chi connectivity index (χ4n) is 2.54. The average Bonchev–Trinajstić information content (AvgIpc) is 2.42. The minimum atomic E-state index is 0.153. The van der Waals surface area contributed by atoms with Gasteiger partial charge >= 0.3 is 0 Å². The molecule has 4 heteroatoms. The lowest BCUT2D eigenvalue weighted by atomic mass is 9.75. The first kappa shape index (κ1) is 11.9. The lowest BCUT2D eigenvalue weighted by molar-refractivity contribution is 0.318. The smallest absolute Gasteiger partial charge is 0.0778 e. The van der Waals surface area contributed by atoms with Crippen molar-refractivity contribution in [3.8, 4) is 0 Å². The molecular formula is C12H18BrN3. The molecule has 1 aromatic rings. The van der Waals surface area contributed by atoms with E-state index in [1.54, 1.807) is 0 Å². The van der Waals surface area contributed by atoms with Gasteiger partial charge in [-0.1, -0.05) is 19.9 Å². The van der Waals surface area contributed by atoms with Crippen molar-refractivity contribution >= 4 is 21.5 Å². The summed E-state index contributed by atoms with van der Waals surface area (Å²) < 4.78 is 2.95. The molecule has 0 amide bonds. The predicted molar refractivity (Wildman–Crippen MR) is 69.9 cm³/mol. The number of halogens is 1. The fraction of sp³-hybridized carbons (Fsp3) is 0.583. The van der Waals surface area contributed by atoms with E-state index >= 15 is 0 Å². The molecule has 1 aliphatic rings. The van der Waals surface area contributed by atoms with Crippen LogP contribution >= 0.6 is 15.9 Å². The Hall–Kier alpha value is -0.610. The highest BCUT2D eigenvalue weighted by Gasteiger charge is 2.29. The lowest BCUT2D eigenvalue weighted by Gasteiger charge is -2.33. The Kier molecular flexibility index (Phi) is 2.97. The third-order valence-electron chi connectivity index (χ3n) is 3.07. The number of nitrogens with zero attached hydrogens (tertiary/aromatic N) is 2. The Labute approximate surface area is 105 Å². The number of aryl methyl sites for hydroxylation is 1. The number of allylic oxidation sites excluding steroid dienone is 1. The Bertz CT molecular complexity index is 412. The van der Waals surface area contributed by atoms with Crippen LogP contribution in [0.2, 0.25) is 0 Å². The zero-order valence-electron chi connectivity index (χ0n) is 10.00. The standard InChI is InChI=1S/C12H18BrN3/c1-12(2)5-8(4-9(14)6-12)11-10(13)7-15-16(11)3/h4,7,9H,5-6,14H2,1-3H3. The van der Waals surface area contributed by atoms with Gasteiger partial charge in [0.1, 0.15) is 0 Å². The van der Waals surface area contributed by atoms with Gasteiger partial charge in [0.15, 0.2) is 0 Å². The average molecular weight is 284 g/mol. The van der Waals surface area contributed by atoms with Gasteiger partial charge in [0.25, 0.3) is 0 Å². The van der Waals surface area contributed by atoms with Gasteiger partial charge in [-0.15, -0.1) is 0 Å². The van der Waals surface area contributed by atoms with Crippen molar-refractivity contribution in [2.45, 2.75) is 32.7 Å². The topological polar surface area (TPSA) is 43.8 Å². The molecule has 0 saturated carbocycles. The van der Waals surface area contributed by atoms with Crippen LogP contribution in [0.4, 0.5) is 0 Å². The molecule has 88 valence electrons. The van der Waals surface area contributed by atoms with Gasteiger partial charge in [0, 0.05) is 13.1 Å². The van der Waals surface area contributed by atoms with Crippen LogP contribution in [0.5, 0.6) is 0 Å². The minimum Gasteiger partial charge on any atom is -0.324 e. The van der Waals surface area contributed by atoms with Crippen LogP contribution in [-0.2, 0) is 7.05 Å². The van der Waals surface area contributed by atoms with E-state index < -0.39 is 0 Å². The first-order valence-electron chi connectivity index (χ1n) is 5.53. The second kappa shape index (κ2) is 4.00. The number of aromatic nitrogens is 2. The fourth-order valence-corrected chi connectivity index (χ4v) is 3.14. The van der Waals surface area contributed by atoms with Crippen LogP contribution in [-0.4, -0.2) is 15.8 Å². The molecule has 2 rings (SSSR count).